The largest absolute Gasteiger partial charge is 0.490 e. The summed E-state index contributed by atoms with van der Waals surface area (Å²) in [6.07, 6.45) is 3.28. The van der Waals surface area contributed by atoms with Gasteiger partial charge in [-0.2, -0.15) is 0 Å². The molecule has 0 atom stereocenters. The van der Waals surface area contributed by atoms with E-state index in [0.717, 1.165) is 12.8 Å². The Labute approximate surface area is 167 Å². The Morgan fingerprint density at radius 1 is 1.10 bits per heavy atom. The highest BCUT2D eigenvalue weighted by molar-refractivity contribution is 5.96. The first-order chi connectivity index (χ1) is 14.0. The average molecular weight is 399 g/mol. The number of carbonyl (C=O) groups is 1. The number of carbonyl (C=O) groups excluding carboxylic acids is 1. The minimum atomic E-state index is -0.440. The van der Waals surface area contributed by atoms with Gasteiger partial charge in [-0.1, -0.05) is 0 Å². The van der Waals surface area contributed by atoms with Crippen LogP contribution in [0.25, 0.3) is 0 Å². The molecule has 1 N–H and O–H groups in total. The van der Waals surface area contributed by atoms with Crippen molar-refractivity contribution >= 4 is 17.3 Å². The SMILES string of the molecule is O=C(NC1CC1)c1ccc(N2CCC(Oc3ccc(F)cc3)CC2)c([N+](=O)[O-])c1. The van der Waals surface area contributed by atoms with Crippen LogP contribution in [0.2, 0.25) is 0 Å². The fraction of sp³-hybridized carbons (Fsp3) is 0.381. The van der Waals surface area contributed by atoms with Gasteiger partial charge in [-0.3, -0.25) is 14.9 Å². The van der Waals surface area contributed by atoms with E-state index in [-0.39, 0.29) is 29.6 Å². The van der Waals surface area contributed by atoms with Gasteiger partial charge >= 0.3 is 0 Å². The van der Waals surface area contributed by atoms with Crippen molar-refractivity contribution in [2.24, 2.45) is 0 Å². The van der Waals surface area contributed by atoms with Crippen molar-refractivity contribution in [3.8, 4) is 5.75 Å². The van der Waals surface area contributed by atoms with Gasteiger partial charge < -0.3 is 15.0 Å². The summed E-state index contributed by atoms with van der Waals surface area (Å²) >= 11 is 0. The molecule has 29 heavy (non-hydrogen) atoms. The summed E-state index contributed by atoms with van der Waals surface area (Å²) in [4.78, 5) is 25.3. The Bertz CT molecular complexity index is 907. The molecule has 1 saturated heterocycles. The van der Waals surface area contributed by atoms with Gasteiger partial charge in [-0.05, 0) is 49.2 Å². The summed E-state index contributed by atoms with van der Waals surface area (Å²) in [6.45, 7) is 1.20. The lowest BCUT2D eigenvalue weighted by molar-refractivity contribution is -0.384. The minimum Gasteiger partial charge on any atom is -0.490 e. The molecule has 0 bridgehead atoms. The average Bonchev–Trinajstić information content (AvgIpc) is 3.54. The summed E-state index contributed by atoms with van der Waals surface area (Å²) in [6, 6.07) is 10.7. The van der Waals surface area contributed by atoms with E-state index in [2.05, 4.69) is 5.32 Å². The molecule has 2 aromatic carbocycles. The van der Waals surface area contributed by atoms with E-state index < -0.39 is 4.92 Å². The highest BCUT2D eigenvalue weighted by atomic mass is 19.1. The maximum Gasteiger partial charge on any atom is 0.293 e. The molecule has 2 fully saturated rings. The molecule has 0 radical (unpaired) electrons. The van der Waals surface area contributed by atoms with E-state index in [1.165, 1.54) is 18.2 Å². The van der Waals surface area contributed by atoms with Crippen LogP contribution in [0.5, 0.6) is 5.75 Å². The zero-order valence-corrected chi connectivity index (χ0v) is 15.8. The number of nitro groups is 1. The molecule has 1 aliphatic carbocycles. The fourth-order valence-electron chi connectivity index (χ4n) is 3.49. The van der Waals surface area contributed by atoms with Gasteiger partial charge in [-0.15, -0.1) is 0 Å². The van der Waals surface area contributed by atoms with Gasteiger partial charge in [0.15, 0.2) is 0 Å². The molecular formula is C21H22FN3O4. The summed E-state index contributed by atoms with van der Waals surface area (Å²) in [5.74, 6) is 0.0316. The van der Waals surface area contributed by atoms with Gasteiger partial charge in [0, 0.05) is 43.6 Å². The molecule has 1 amide bonds. The second-order valence-electron chi connectivity index (χ2n) is 7.47. The molecule has 4 rings (SSSR count). The quantitative estimate of drug-likeness (QED) is 0.592. The van der Waals surface area contributed by atoms with Crippen LogP contribution >= 0.6 is 0 Å². The summed E-state index contributed by atoms with van der Waals surface area (Å²) in [5, 5.41) is 14.5. The minimum absolute atomic E-state index is 0.0284. The second kappa shape index (κ2) is 8.06. The molecule has 0 aromatic heterocycles. The maximum atomic E-state index is 13.0. The predicted molar refractivity (Wildman–Crippen MR) is 106 cm³/mol. The van der Waals surface area contributed by atoms with Crippen LogP contribution in [0.1, 0.15) is 36.0 Å². The number of hydrogen-bond donors (Lipinski definition) is 1. The van der Waals surface area contributed by atoms with Crippen LogP contribution in [0.3, 0.4) is 0 Å². The Hall–Kier alpha value is -3.16. The molecule has 2 aromatic rings. The fourth-order valence-corrected chi connectivity index (χ4v) is 3.49. The Balaban J connectivity index is 1.42. The number of benzene rings is 2. The first-order valence-electron chi connectivity index (χ1n) is 9.76. The standard InChI is InChI=1S/C21H22FN3O4/c22-15-2-6-17(7-3-15)29-18-9-11-24(12-10-18)19-8-1-14(13-20(19)25(27)28)21(26)23-16-4-5-16/h1-3,6-8,13,16,18H,4-5,9-12H2,(H,23,26). The normalized spacial score (nSPS) is 17.1. The van der Waals surface area contributed by atoms with Crippen LogP contribution < -0.4 is 15.0 Å². The Kier molecular flexibility index (Phi) is 5.33. The second-order valence-corrected chi connectivity index (χ2v) is 7.47. The number of rotatable bonds is 6. The number of amides is 1. The topological polar surface area (TPSA) is 84.7 Å². The molecule has 152 valence electrons. The van der Waals surface area contributed by atoms with Crippen molar-refractivity contribution in [1.29, 1.82) is 0 Å². The molecule has 1 heterocycles. The lowest BCUT2D eigenvalue weighted by Crippen LogP contribution is -2.38. The summed E-state index contributed by atoms with van der Waals surface area (Å²) in [7, 11) is 0. The van der Waals surface area contributed by atoms with E-state index in [4.69, 9.17) is 4.74 Å². The van der Waals surface area contributed by atoms with Gasteiger partial charge in [0.05, 0.1) is 4.92 Å². The molecule has 0 spiro atoms. The molecular weight excluding hydrogens is 377 g/mol. The number of nitrogens with one attached hydrogen (secondary N) is 1. The molecule has 1 saturated carbocycles. The number of hydrogen-bond acceptors (Lipinski definition) is 5. The lowest BCUT2D eigenvalue weighted by atomic mass is 10.0. The Morgan fingerprint density at radius 3 is 2.41 bits per heavy atom. The highest BCUT2D eigenvalue weighted by Crippen LogP contribution is 2.32. The van der Waals surface area contributed by atoms with Gasteiger partial charge in [0.25, 0.3) is 11.6 Å². The smallest absolute Gasteiger partial charge is 0.293 e. The van der Waals surface area contributed by atoms with Gasteiger partial charge in [0.1, 0.15) is 23.4 Å². The van der Waals surface area contributed by atoms with Gasteiger partial charge in [-0.25, -0.2) is 4.39 Å². The molecule has 7 nitrogen and oxygen atoms in total. The maximum absolute atomic E-state index is 13.0. The molecule has 8 heteroatoms. The third kappa shape index (κ3) is 4.64. The number of nitro benzene ring substituents is 1. The van der Waals surface area contributed by atoms with Gasteiger partial charge in [0.2, 0.25) is 0 Å². The van der Waals surface area contributed by atoms with E-state index in [0.29, 0.717) is 42.9 Å². The zero-order valence-electron chi connectivity index (χ0n) is 15.8. The number of anilines is 1. The van der Waals surface area contributed by atoms with Crippen LogP contribution in [0.4, 0.5) is 15.8 Å². The van der Waals surface area contributed by atoms with Crippen LogP contribution in [-0.2, 0) is 0 Å². The molecule has 1 aliphatic heterocycles. The van der Waals surface area contributed by atoms with Crippen molar-refractivity contribution in [1.82, 2.24) is 5.32 Å². The number of ether oxygens (including phenoxy) is 1. The van der Waals surface area contributed by atoms with E-state index in [1.54, 1.807) is 24.3 Å². The lowest BCUT2D eigenvalue weighted by Gasteiger charge is -2.33. The summed E-state index contributed by atoms with van der Waals surface area (Å²) < 4.78 is 18.9. The molecule has 2 aliphatic rings. The third-order valence-corrected chi connectivity index (χ3v) is 5.25. The van der Waals surface area contributed by atoms with Crippen molar-refractivity contribution in [2.45, 2.75) is 37.8 Å². The predicted octanol–water partition coefficient (Wildman–Crippen LogP) is 3.67. The van der Waals surface area contributed by atoms with Crippen molar-refractivity contribution in [3.05, 3.63) is 64.0 Å². The summed E-state index contributed by atoms with van der Waals surface area (Å²) in [5.41, 5.74) is 0.756. The first-order valence-corrected chi connectivity index (χ1v) is 9.76. The Morgan fingerprint density at radius 2 is 1.79 bits per heavy atom. The van der Waals surface area contributed by atoms with Crippen LogP contribution in [0, 0.1) is 15.9 Å². The van der Waals surface area contributed by atoms with Crippen molar-refractivity contribution in [2.75, 3.05) is 18.0 Å². The van der Waals surface area contributed by atoms with Crippen LogP contribution in [-0.4, -0.2) is 36.1 Å². The van der Waals surface area contributed by atoms with Crippen molar-refractivity contribution in [3.63, 3.8) is 0 Å². The molecule has 0 unspecified atom stereocenters. The zero-order chi connectivity index (χ0) is 20.4. The van der Waals surface area contributed by atoms with E-state index in [1.807, 2.05) is 4.90 Å². The van der Waals surface area contributed by atoms with E-state index in [9.17, 15) is 19.3 Å². The number of halogens is 1. The van der Waals surface area contributed by atoms with Crippen molar-refractivity contribution < 1.29 is 18.8 Å². The number of nitrogens with zero attached hydrogens (tertiary/aromatic N) is 2. The monoisotopic (exact) mass is 399 g/mol. The highest BCUT2D eigenvalue weighted by Gasteiger charge is 2.28. The first kappa shape index (κ1) is 19.2. The number of piperidine rings is 1. The van der Waals surface area contributed by atoms with Crippen LogP contribution in [0.15, 0.2) is 42.5 Å². The van der Waals surface area contributed by atoms with E-state index >= 15 is 0 Å². The third-order valence-electron chi connectivity index (χ3n) is 5.25.